The fourth-order valence-electron chi connectivity index (χ4n) is 3.00. The molecule has 0 bridgehead atoms. The standard InChI is InChI=1S/C13H24N2S.ClH/c1-2-11(1)9-15-6-3-13(10-15)14-12-4-7-16-8-5-12;/h11-14H,1-10H2;1H. The Hall–Kier alpha value is 0.560. The third-order valence-electron chi connectivity index (χ3n) is 4.18. The van der Waals surface area contributed by atoms with Gasteiger partial charge in [-0.25, -0.2) is 0 Å². The van der Waals surface area contributed by atoms with Gasteiger partial charge in [-0.2, -0.15) is 11.8 Å². The molecule has 100 valence electrons. The molecule has 0 amide bonds. The topological polar surface area (TPSA) is 15.3 Å². The van der Waals surface area contributed by atoms with Crippen molar-refractivity contribution < 1.29 is 0 Å². The van der Waals surface area contributed by atoms with E-state index in [-0.39, 0.29) is 12.4 Å². The van der Waals surface area contributed by atoms with E-state index in [2.05, 4.69) is 22.0 Å². The van der Waals surface area contributed by atoms with E-state index in [1.807, 2.05) is 0 Å². The van der Waals surface area contributed by atoms with Gasteiger partial charge >= 0.3 is 0 Å². The number of rotatable bonds is 4. The fourth-order valence-corrected chi connectivity index (χ4v) is 4.10. The lowest BCUT2D eigenvalue weighted by Gasteiger charge is -2.26. The molecule has 3 fully saturated rings. The molecule has 1 N–H and O–H groups in total. The molecular weight excluding hydrogens is 252 g/mol. The molecule has 2 saturated heterocycles. The molecule has 1 atom stereocenters. The van der Waals surface area contributed by atoms with Gasteiger partial charge in [-0.15, -0.1) is 12.4 Å². The summed E-state index contributed by atoms with van der Waals surface area (Å²) in [6, 6.07) is 1.62. The Bertz CT molecular complexity index is 229. The summed E-state index contributed by atoms with van der Waals surface area (Å²) in [5, 5.41) is 3.89. The van der Waals surface area contributed by atoms with Crippen molar-refractivity contribution in [3.8, 4) is 0 Å². The van der Waals surface area contributed by atoms with Crippen LogP contribution in [0.1, 0.15) is 32.1 Å². The van der Waals surface area contributed by atoms with Crippen molar-refractivity contribution in [3.05, 3.63) is 0 Å². The zero-order valence-electron chi connectivity index (χ0n) is 10.6. The average Bonchev–Trinajstić information content (AvgIpc) is 3.01. The first-order valence-corrected chi connectivity index (χ1v) is 8.12. The van der Waals surface area contributed by atoms with E-state index >= 15 is 0 Å². The Labute approximate surface area is 116 Å². The summed E-state index contributed by atoms with van der Waals surface area (Å²) in [4.78, 5) is 2.69. The molecule has 1 saturated carbocycles. The van der Waals surface area contributed by atoms with E-state index in [1.165, 1.54) is 63.2 Å². The Morgan fingerprint density at radius 2 is 1.76 bits per heavy atom. The zero-order valence-corrected chi connectivity index (χ0v) is 12.2. The number of nitrogens with one attached hydrogen (secondary N) is 1. The first kappa shape index (κ1) is 14.0. The molecule has 2 aliphatic heterocycles. The summed E-state index contributed by atoms with van der Waals surface area (Å²) >= 11 is 2.12. The molecule has 3 aliphatic rings. The quantitative estimate of drug-likeness (QED) is 0.849. The van der Waals surface area contributed by atoms with Crippen LogP contribution in [-0.4, -0.2) is 48.1 Å². The van der Waals surface area contributed by atoms with Crippen LogP contribution in [0.2, 0.25) is 0 Å². The predicted molar refractivity (Wildman–Crippen MR) is 78.3 cm³/mol. The van der Waals surface area contributed by atoms with Crippen LogP contribution in [0.5, 0.6) is 0 Å². The summed E-state index contributed by atoms with van der Waals surface area (Å²) < 4.78 is 0. The summed E-state index contributed by atoms with van der Waals surface area (Å²) in [7, 11) is 0. The van der Waals surface area contributed by atoms with Crippen LogP contribution in [-0.2, 0) is 0 Å². The third kappa shape index (κ3) is 4.30. The molecule has 2 heterocycles. The van der Waals surface area contributed by atoms with Crippen LogP contribution >= 0.6 is 24.2 Å². The molecular formula is C13H25ClN2S. The van der Waals surface area contributed by atoms with Crippen molar-refractivity contribution >= 4 is 24.2 Å². The van der Waals surface area contributed by atoms with Crippen molar-refractivity contribution in [1.82, 2.24) is 10.2 Å². The molecule has 17 heavy (non-hydrogen) atoms. The largest absolute Gasteiger partial charge is 0.310 e. The van der Waals surface area contributed by atoms with Crippen LogP contribution in [0, 0.1) is 5.92 Å². The van der Waals surface area contributed by atoms with Gasteiger partial charge in [0.05, 0.1) is 0 Å². The predicted octanol–water partition coefficient (Wildman–Crippen LogP) is 2.38. The summed E-state index contributed by atoms with van der Waals surface area (Å²) in [6.07, 6.45) is 7.16. The highest BCUT2D eigenvalue weighted by Crippen LogP contribution is 2.30. The molecule has 0 aromatic carbocycles. The molecule has 1 unspecified atom stereocenters. The minimum absolute atomic E-state index is 0. The fraction of sp³-hybridized carbons (Fsp3) is 1.00. The Kier molecular flexibility index (Phi) is 5.47. The van der Waals surface area contributed by atoms with E-state index in [0.29, 0.717) is 0 Å². The second-order valence-electron chi connectivity index (χ2n) is 5.74. The van der Waals surface area contributed by atoms with Gasteiger partial charge in [-0.05, 0) is 56.1 Å². The molecule has 0 radical (unpaired) electrons. The summed E-state index contributed by atoms with van der Waals surface area (Å²) in [5.41, 5.74) is 0. The van der Waals surface area contributed by atoms with Crippen LogP contribution in [0.25, 0.3) is 0 Å². The normalized spacial score (nSPS) is 31.4. The van der Waals surface area contributed by atoms with Crippen molar-refractivity contribution in [3.63, 3.8) is 0 Å². The van der Waals surface area contributed by atoms with Crippen LogP contribution in [0.15, 0.2) is 0 Å². The van der Waals surface area contributed by atoms with Crippen molar-refractivity contribution in [2.45, 2.75) is 44.2 Å². The first-order chi connectivity index (χ1) is 7.90. The van der Waals surface area contributed by atoms with Crippen molar-refractivity contribution in [2.75, 3.05) is 31.1 Å². The molecule has 0 aromatic rings. The first-order valence-electron chi connectivity index (χ1n) is 6.96. The maximum absolute atomic E-state index is 3.89. The van der Waals surface area contributed by atoms with Crippen LogP contribution in [0.3, 0.4) is 0 Å². The number of thioether (sulfide) groups is 1. The minimum atomic E-state index is 0. The third-order valence-corrected chi connectivity index (χ3v) is 5.23. The van der Waals surface area contributed by atoms with Gasteiger partial charge in [0.2, 0.25) is 0 Å². The van der Waals surface area contributed by atoms with Crippen molar-refractivity contribution in [1.29, 1.82) is 0 Å². The molecule has 2 nitrogen and oxygen atoms in total. The van der Waals surface area contributed by atoms with Gasteiger partial charge in [0, 0.05) is 25.2 Å². The second-order valence-corrected chi connectivity index (χ2v) is 6.97. The SMILES string of the molecule is C1CC(NC2CCN(CC3CC3)C2)CCS1.Cl. The molecule has 0 aromatic heterocycles. The van der Waals surface area contributed by atoms with E-state index < -0.39 is 0 Å². The minimum Gasteiger partial charge on any atom is -0.310 e. The number of nitrogens with zero attached hydrogens (tertiary/aromatic N) is 1. The lowest BCUT2D eigenvalue weighted by molar-refractivity contribution is 0.307. The maximum atomic E-state index is 3.89. The van der Waals surface area contributed by atoms with Gasteiger partial charge < -0.3 is 10.2 Å². The summed E-state index contributed by atoms with van der Waals surface area (Å²) in [6.45, 7) is 4.05. The maximum Gasteiger partial charge on any atom is 0.0209 e. The number of likely N-dealkylation sites (tertiary alicyclic amines) is 1. The van der Waals surface area contributed by atoms with Gasteiger partial charge in [0.1, 0.15) is 0 Å². The van der Waals surface area contributed by atoms with Gasteiger partial charge in [0.15, 0.2) is 0 Å². The van der Waals surface area contributed by atoms with Crippen LogP contribution in [0.4, 0.5) is 0 Å². The summed E-state index contributed by atoms with van der Waals surface area (Å²) in [5.74, 6) is 3.80. The second kappa shape index (κ2) is 6.65. The number of halogens is 1. The zero-order chi connectivity index (χ0) is 10.8. The highest BCUT2D eigenvalue weighted by Gasteiger charge is 2.30. The van der Waals surface area contributed by atoms with Crippen molar-refractivity contribution in [2.24, 2.45) is 5.92 Å². The lowest BCUT2D eigenvalue weighted by Crippen LogP contribution is -2.42. The molecule has 4 heteroatoms. The average molecular weight is 277 g/mol. The van der Waals surface area contributed by atoms with Gasteiger partial charge in [-0.1, -0.05) is 0 Å². The molecule has 3 rings (SSSR count). The van der Waals surface area contributed by atoms with Gasteiger partial charge in [-0.3, -0.25) is 0 Å². The number of hydrogen-bond donors (Lipinski definition) is 1. The van der Waals surface area contributed by atoms with E-state index in [0.717, 1.165) is 18.0 Å². The monoisotopic (exact) mass is 276 g/mol. The Balaban J connectivity index is 0.00000108. The smallest absolute Gasteiger partial charge is 0.0209 e. The van der Waals surface area contributed by atoms with E-state index in [1.54, 1.807) is 0 Å². The Morgan fingerprint density at radius 3 is 2.47 bits per heavy atom. The van der Waals surface area contributed by atoms with Crippen LogP contribution < -0.4 is 5.32 Å². The van der Waals surface area contributed by atoms with E-state index in [4.69, 9.17) is 0 Å². The van der Waals surface area contributed by atoms with E-state index in [9.17, 15) is 0 Å². The highest BCUT2D eigenvalue weighted by molar-refractivity contribution is 7.99. The molecule has 0 spiro atoms. The lowest BCUT2D eigenvalue weighted by atomic mass is 10.1. The highest BCUT2D eigenvalue weighted by atomic mass is 35.5. The Morgan fingerprint density at radius 1 is 1.00 bits per heavy atom. The molecule has 1 aliphatic carbocycles. The van der Waals surface area contributed by atoms with Gasteiger partial charge in [0.25, 0.3) is 0 Å². The number of hydrogen-bond acceptors (Lipinski definition) is 3.